The van der Waals surface area contributed by atoms with Gasteiger partial charge in [0.05, 0.1) is 15.9 Å². The first-order valence-electron chi connectivity index (χ1n) is 7.52. The fourth-order valence-electron chi connectivity index (χ4n) is 3.30. The molecule has 0 atom stereocenters. The Kier molecular flexibility index (Phi) is 5.07. The number of rotatable bonds is 4. The van der Waals surface area contributed by atoms with E-state index in [0.29, 0.717) is 0 Å². The number of halogens is 1. The maximum absolute atomic E-state index is 6.15. The third kappa shape index (κ3) is 3.22. The van der Waals surface area contributed by atoms with Crippen molar-refractivity contribution in [1.29, 1.82) is 0 Å². The SMILES string of the molecule is CCc1nn(C)c(CC2(CN)CCCCCC2)c1Br. The molecule has 0 aliphatic heterocycles. The molecule has 3 nitrogen and oxygen atoms in total. The van der Waals surface area contributed by atoms with Gasteiger partial charge in [-0.1, -0.05) is 32.6 Å². The van der Waals surface area contributed by atoms with Crippen LogP contribution in [0.5, 0.6) is 0 Å². The molecule has 0 spiro atoms. The van der Waals surface area contributed by atoms with Gasteiger partial charge in [0.25, 0.3) is 0 Å². The van der Waals surface area contributed by atoms with Crippen molar-refractivity contribution < 1.29 is 0 Å². The van der Waals surface area contributed by atoms with Gasteiger partial charge in [-0.25, -0.2) is 0 Å². The Hall–Kier alpha value is -0.350. The van der Waals surface area contributed by atoms with Crippen LogP contribution in [0.4, 0.5) is 0 Å². The normalized spacial score (nSPS) is 19.4. The van der Waals surface area contributed by atoms with Crippen LogP contribution in [0.25, 0.3) is 0 Å². The topological polar surface area (TPSA) is 43.8 Å². The Morgan fingerprint density at radius 1 is 1.26 bits per heavy atom. The van der Waals surface area contributed by atoms with E-state index in [0.717, 1.165) is 19.4 Å². The Bertz CT molecular complexity index is 417. The highest BCUT2D eigenvalue weighted by atomic mass is 79.9. The van der Waals surface area contributed by atoms with Gasteiger partial charge < -0.3 is 5.73 Å². The van der Waals surface area contributed by atoms with Crippen LogP contribution < -0.4 is 5.73 Å². The zero-order valence-corrected chi connectivity index (χ0v) is 13.8. The molecule has 1 fully saturated rings. The van der Waals surface area contributed by atoms with Gasteiger partial charge in [0.1, 0.15) is 0 Å². The predicted molar refractivity (Wildman–Crippen MR) is 83.2 cm³/mol. The predicted octanol–water partition coefficient (Wildman–Crippen LogP) is 3.59. The maximum Gasteiger partial charge on any atom is 0.0766 e. The average Bonchev–Trinajstić information content (AvgIpc) is 2.62. The van der Waals surface area contributed by atoms with E-state index in [1.54, 1.807) is 0 Å². The molecule has 1 aromatic rings. The number of nitrogens with two attached hydrogens (primary N) is 1. The van der Waals surface area contributed by atoms with E-state index in [-0.39, 0.29) is 5.41 Å². The van der Waals surface area contributed by atoms with Gasteiger partial charge in [-0.2, -0.15) is 5.10 Å². The fourth-order valence-corrected chi connectivity index (χ4v) is 4.06. The summed E-state index contributed by atoms with van der Waals surface area (Å²) < 4.78 is 3.25. The monoisotopic (exact) mass is 327 g/mol. The molecule has 0 bridgehead atoms. The first kappa shape index (κ1) is 15.0. The van der Waals surface area contributed by atoms with E-state index < -0.39 is 0 Å². The zero-order chi connectivity index (χ0) is 13.9. The van der Waals surface area contributed by atoms with Crippen molar-refractivity contribution in [3.8, 4) is 0 Å². The van der Waals surface area contributed by atoms with Crippen LogP contribution in [-0.2, 0) is 19.9 Å². The molecule has 0 amide bonds. The first-order chi connectivity index (χ1) is 9.12. The smallest absolute Gasteiger partial charge is 0.0766 e. The van der Waals surface area contributed by atoms with Crippen molar-refractivity contribution in [3.05, 3.63) is 15.9 Å². The Balaban J connectivity index is 2.24. The van der Waals surface area contributed by atoms with Crippen molar-refractivity contribution >= 4 is 15.9 Å². The Morgan fingerprint density at radius 3 is 2.37 bits per heavy atom. The molecule has 2 N–H and O–H groups in total. The molecule has 0 saturated heterocycles. The molecule has 4 heteroatoms. The van der Waals surface area contributed by atoms with E-state index in [1.165, 1.54) is 54.4 Å². The molecule has 1 aromatic heterocycles. The van der Waals surface area contributed by atoms with Gasteiger partial charge in [-0.15, -0.1) is 0 Å². The number of nitrogens with zero attached hydrogens (tertiary/aromatic N) is 2. The fraction of sp³-hybridized carbons (Fsp3) is 0.800. The lowest BCUT2D eigenvalue weighted by Crippen LogP contribution is -2.33. The molecule has 108 valence electrons. The van der Waals surface area contributed by atoms with Crippen molar-refractivity contribution in [1.82, 2.24) is 9.78 Å². The van der Waals surface area contributed by atoms with Crippen LogP contribution in [-0.4, -0.2) is 16.3 Å². The summed E-state index contributed by atoms with van der Waals surface area (Å²) >= 11 is 3.74. The minimum Gasteiger partial charge on any atom is -0.330 e. The van der Waals surface area contributed by atoms with Crippen molar-refractivity contribution in [3.63, 3.8) is 0 Å². The molecule has 0 aromatic carbocycles. The quantitative estimate of drug-likeness (QED) is 0.859. The molecular formula is C15H26BrN3. The highest BCUT2D eigenvalue weighted by molar-refractivity contribution is 9.10. The average molecular weight is 328 g/mol. The van der Waals surface area contributed by atoms with Gasteiger partial charge >= 0.3 is 0 Å². The van der Waals surface area contributed by atoms with Crippen LogP contribution in [0.2, 0.25) is 0 Å². The van der Waals surface area contributed by atoms with Crippen LogP contribution in [0, 0.1) is 5.41 Å². The standard InChI is InChI=1S/C15H26BrN3/c1-3-12-14(16)13(19(2)18-12)10-15(11-17)8-6-4-5-7-9-15/h3-11,17H2,1-2H3. The number of hydrogen-bond donors (Lipinski definition) is 1. The Labute approximate surface area is 125 Å². The number of aromatic nitrogens is 2. The molecule has 1 heterocycles. The van der Waals surface area contributed by atoms with Crippen molar-refractivity contribution in [2.24, 2.45) is 18.2 Å². The van der Waals surface area contributed by atoms with Gasteiger partial charge in [0.2, 0.25) is 0 Å². The van der Waals surface area contributed by atoms with E-state index in [1.807, 2.05) is 4.68 Å². The summed E-state index contributed by atoms with van der Waals surface area (Å²) in [4.78, 5) is 0. The largest absolute Gasteiger partial charge is 0.330 e. The Morgan fingerprint density at radius 2 is 1.89 bits per heavy atom. The van der Waals surface area contributed by atoms with Crippen molar-refractivity contribution in [2.75, 3.05) is 6.54 Å². The first-order valence-corrected chi connectivity index (χ1v) is 8.31. The van der Waals surface area contributed by atoms with Crippen LogP contribution >= 0.6 is 15.9 Å². The van der Waals surface area contributed by atoms with Crippen LogP contribution in [0.1, 0.15) is 56.8 Å². The lowest BCUT2D eigenvalue weighted by atomic mass is 9.76. The highest BCUT2D eigenvalue weighted by Crippen LogP contribution is 2.39. The van der Waals surface area contributed by atoms with Gasteiger partial charge in [0, 0.05) is 7.05 Å². The molecule has 19 heavy (non-hydrogen) atoms. The van der Waals surface area contributed by atoms with Gasteiger partial charge in [-0.3, -0.25) is 4.68 Å². The highest BCUT2D eigenvalue weighted by Gasteiger charge is 2.32. The molecular weight excluding hydrogens is 302 g/mol. The van der Waals surface area contributed by atoms with E-state index in [9.17, 15) is 0 Å². The van der Waals surface area contributed by atoms with Gasteiger partial charge in [0.15, 0.2) is 0 Å². The van der Waals surface area contributed by atoms with E-state index >= 15 is 0 Å². The zero-order valence-electron chi connectivity index (χ0n) is 12.2. The summed E-state index contributed by atoms with van der Waals surface area (Å²) in [5, 5.41) is 4.61. The third-order valence-electron chi connectivity index (χ3n) is 4.64. The molecule has 2 rings (SSSR count). The minimum absolute atomic E-state index is 0.290. The van der Waals surface area contributed by atoms with Crippen molar-refractivity contribution in [2.45, 2.75) is 58.3 Å². The van der Waals surface area contributed by atoms with E-state index in [4.69, 9.17) is 5.73 Å². The lowest BCUT2D eigenvalue weighted by molar-refractivity contribution is 0.246. The van der Waals surface area contributed by atoms with Crippen LogP contribution in [0.3, 0.4) is 0 Å². The second-order valence-corrected chi connectivity index (χ2v) is 6.77. The third-order valence-corrected chi connectivity index (χ3v) is 5.56. The number of aryl methyl sites for hydroxylation is 2. The molecule has 0 unspecified atom stereocenters. The van der Waals surface area contributed by atoms with Crippen LogP contribution in [0.15, 0.2) is 4.47 Å². The minimum atomic E-state index is 0.290. The molecule has 1 aliphatic rings. The molecule has 1 aliphatic carbocycles. The summed E-state index contributed by atoms with van der Waals surface area (Å²) in [7, 11) is 2.06. The molecule has 1 saturated carbocycles. The maximum atomic E-state index is 6.15. The summed E-state index contributed by atoms with van der Waals surface area (Å²) in [5.41, 5.74) is 8.93. The second kappa shape index (κ2) is 6.40. The van der Waals surface area contributed by atoms with Gasteiger partial charge in [-0.05, 0) is 53.6 Å². The molecule has 0 radical (unpaired) electrons. The summed E-state index contributed by atoms with van der Waals surface area (Å²) in [5.74, 6) is 0. The number of hydrogen-bond acceptors (Lipinski definition) is 2. The van der Waals surface area contributed by atoms with E-state index in [2.05, 4.69) is 35.0 Å². The summed E-state index contributed by atoms with van der Waals surface area (Å²) in [6, 6.07) is 0. The lowest BCUT2D eigenvalue weighted by Gasteiger charge is -2.31. The summed E-state index contributed by atoms with van der Waals surface area (Å²) in [6.07, 6.45) is 9.96. The second-order valence-electron chi connectivity index (χ2n) is 5.98. The summed E-state index contributed by atoms with van der Waals surface area (Å²) in [6.45, 7) is 2.95.